The first-order chi connectivity index (χ1) is 10.9. The van der Waals surface area contributed by atoms with Gasteiger partial charge in [0.25, 0.3) is 11.4 Å². The van der Waals surface area contributed by atoms with E-state index in [0.717, 1.165) is 5.69 Å². The molecule has 0 aliphatic rings. The van der Waals surface area contributed by atoms with E-state index in [1.165, 1.54) is 23.8 Å². The van der Waals surface area contributed by atoms with Crippen LogP contribution >= 0.6 is 0 Å². The first-order valence-corrected chi connectivity index (χ1v) is 7.09. The topological polar surface area (TPSA) is 112 Å². The number of aryl methyl sites for hydroxylation is 1. The Kier molecular flexibility index (Phi) is 6.67. The summed E-state index contributed by atoms with van der Waals surface area (Å²) >= 11 is 0. The molecule has 122 valence electrons. The Labute approximate surface area is 134 Å². The summed E-state index contributed by atoms with van der Waals surface area (Å²) in [5, 5.41) is 21.3. The van der Waals surface area contributed by atoms with Crippen molar-refractivity contribution in [3.8, 4) is 0 Å². The highest BCUT2D eigenvalue weighted by Crippen LogP contribution is 2.28. The number of nitro benzene ring substituents is 2. The SMILES string of the molecule is CCCc1c([N+](=O)[O-])cccc1[N+](=O)[O-].Cc1ccc(N)cc1. The van der Waals surface area contributed by atoms with Crippen molar-refractivity contribution in [2.45, 2.75) is 26.7 Å². The van der Waals surface area contributed by atoms with Crippen LogP contribution in [0.4, 0.5) is 17.1 Å². The highest BCUT2D eigenvalue weighted by Gasteiger charge is 2.23. The van der Waals surface area contributed by atoms with Crippen molar-refractivity contribution >= 4 is 17.1 Å². The molecule has 0 amide bonds. The zero-order valence-electron chi connectivity index (χ0n) is 13.1. The summed E-state index contributed by atoms with van der Waals surface area (Å²) in [6, 6.07) is 11.7. The number of benzene rings is 2. The van der Waals surface area contributed by atoms with Gasteiger partial charge in [0.15, 0.2) is 0 Å². The van der Waals surface area contributed by atoms with Gasteiger partial charge in [0.1, 0.15) is 5.56 Å². The molecule has 7 nitrogen and oxygen atoms in total. The first kappa shape index (κ1) is 18.1. The molecule has 0 aliphatic carbocycles. The van der Waals surface area contributed by atoms with Gasteiger partial charge in [-0.1, -0.05) is 31.0 Å². The molecule has 0 aliphatic heterocycles. The number of rotatable bonds is 4. The third-order valence-corrected chi connectivity index (χ3v) is 3.10. The number of hydrogen-bond acceptors (Lipinski definition) is 5. The zero-order chi connectivity index (χ0) is 17.4. The van der Waals surface area contributed by atoms with Crippen LogP contribution in [0.3, 0.4) is 0 Å². The molecule has 0 saturated heterocycles. The Hall–Kier alpha value is -2.96. The monoisotopic (exact) mass is 317 g/mol. The third-order valence-electron chi connectivity index (χ3n) is 3.10. The quantitative estimate of drug-likeness (QED) is 0.519. The van der Waals surface area contributed by atoms with E-state index >= 15 is 0 Å². The summed E-state index contributed by atoms with van der Waals surface area (Å²) in [6.07, 6.45) is 0.971. The van der Waals surface area contributed by atoms with E-state index in [2.05, 4.69) is 0 Å². The predicted octanol–water partition coefficient (Wildman–Crippen LogP) is 4.03. The van der Waals surface area contributed by atoms with Gasteiger partial charge in [-0.25, -0.2) is 0 Å². The average molecular weight is 317 g/mol. The summed E-state index contributed by atoms with van der Waals surface area (Å²) in [5.41, 5.74) is 7.36. The van der Waals surface area contributed by atoms with E-state index < -0.39 is 9.85 Å². The minimum absolute atomic E-state index is 0.175. The van der Waals surface area contributed by atoms with Gasteiger partial charge in [-0.2, -0.15) is 0 Å². The minimum Gasteiger partial charge on any atom is -0.399 e. The van der Waals surface area contributed by atoms with Gasteiger partial charge in [0.2, 0.25) is 0 Å². The minimum atomic E-state index is -0.585. The lowest BCUT2D eigenvalue weighted by Crippen LogP contribution is -2.00. The van der Waals surface area contributed by atoms with E-state index in [-0.39, 0.29) is 16.9 Å². The molecule has 0 atom stereocenters. The van der Waals surface area contributed by atoms with E-state index in [9.17, 15) is 20.2 Å². The molecule has 0 saturated carbocycles. The third kappa shape index (κ3) is 5.39. The molecule has 0 fully saturated rings. The smallest absolute Gasteiger partial charge is 0.279 e. The highest BCUT2D eigenvalue weighted by atomic mass is 16.6. The van der Waals surface area contributed by atoms with Crippen LogP contribution in [0.25, 0.3) is 0 Å². The summed E-state index contributed by atoms with van der Waals surface area (Å²) in [7, 11) is 0. The molecule has 2 aromatic carbocycles. The van der Waals surface area contributed by atoms with Crippen molar-refractivity contribution in [3.05, 3.63) is 73.8 Å². The Morgan fingerprint density at radius 3 is 1.78 bits per heavy atom. The van der Waals surface area contributed by atoms with Crippen LogP contribution < -0.4 is 5.73 Å². The number of nitrogens with zero attached hydrogens (tertiary/aromatic N) is 2. The normalized spacial score (nSPS) is 9.65. The molecular formula is C16H19N3O4. The number of nitrogen functional groups attached to an aromatic ring is 1. The van der Waals surface area contributed by atoms with Crippen LogP contribution in [-0.2, 0) is 6.42 Å². The molecule has 0 spiro atoms. The van der Waals surface area contributed by atoms with Crippen molar-refractivity contribution in [1.29, 1.82) is 0 Å². The Morgan fingerprint density at radius 1 is 0.957 bits per heavy atom. The number of nitrogens with two attached hydrogens (primary N) is 1. The van der Waals surface area contributed by atoms with E-state index in [1.54, 1.807) is 0 Å². The first-order valence-electron chi connectivity index (χ1n) is 7.09. The summed E-state index contributed by atoms with van der Waals surface area (Å²) < 4.78 is 0. The number of anilines is 1. The maximum atomic E-state index is 10.7. The maximum absolute atomic E-state index is 10.7. The molecule has 0 heterocycles. The molecule has 2 aromatic rings. The maximum Gasteiger partial charge on any atom is 0.279 e. The van der Waals surface area contributed by atoms with Crippen molar-refractivity contribution in [2.24, 2.45) is 0 Å². The zero-order valence-corrected chi connectivity index (χ0v) is 13.1. The highest BCUT2D eigenvalue weighted by molar-refractivity contribution is 5.53. The standard InChI is InChI=1S/C9H10N2O4.C7H9N/c1-2-4-7-8(10(12)13)5-3-6-9(7)11(14)15;1-6-2-4-7(8)5-3-6/h3,5-6H,2,4H2,1H3;2-5H,8H2,1H3. The van der Waals surface area contributed by atoms with Gasteiger partial charge < -0.3 is 5.73 Å². The summed E-state index contributed by atoms with van der Waals surface area (Å²) in [6.45, 7) is 3.86. The van der Waals surface area contributed by atoms with Gasteiger partial charge in [-0.15, -0.1) is 0 Å². The molecule has 0 bridgehead atoms. The lowest BCUT2D eigenvalue weighted by atomic mass is 10.1. The van der Waals surface area contributed by atoms with Gasteiger partial charge in [-0.05, 0) is 31.5 Å². The Bertz CT molecular complexity index is 631. The van der Waals surface area contributed by atoms with E-state index in [0.29, 0.717) is 12.8 Å². The fourth-order valence-corrected chi connectivity index (χ4v) is 1.98. The lowest BCUT2D eigenvalue weighted by molar-refractivity contribution is -0.395. The second-order valence-corrected chi connectivity index (χ2v) is 4.95. The van der Waals surface area contributed by atoms with Crippen LogP contribution in [0.15, 0.2) is 42.5 Å². The van der Waals surface area contributed by atoms with Crippen molar-refractivity contribution in [1.82, 2.24) is 0 Å². The molecule has 2 rings (SSSR count). The number of nitro groups is 2. The summed E-state index contributed by atoms with van der Waals surface area (Å²) in [5.74, 6) is 0. The second-order valence-electron chi connectivity index (χ2n) is 4.95. The Morgan fingerprint density at radius 2 is 1.43 bits per heavy atom. The Balaban J connectivity index is 0.000000277. The van der Waals surface area contributed by atoms with Crippen LogP contribution in [-0.4, -0.2) is 9.85 Å². The van der Waals surface area contributed by atoms with Gasteiger partial charge in [0.05, 0.1) is 9.85 Å². The second kappa shape index (κ2) is 8.47. The van der Waals surface area contributed by atoms with Crippen molar-refractivity contribution in [2.75, 3.05) is 5.73 Å². The summed E-state index contributed by atoms with van der Waals surface area (Å²) in [4.78, 5) is 20.1. The van der Waals surface area contributed by atoms with Crippen molar-refractivity contribution < 1.29 is 9.85 Å². The molecular weight excluding hydrogens is 298 g/mol. The number of hydrogen-bond donors (Lipinski definition) is 1. The molecule has 0 radical (unpaired) electrons. The average Bonchev–Trinajstić information content (AvgIpc) is 2.51. The van der Waals surface area contributed by atoms with Crippen molar-refractivity contribution in [3.63, 3.8) is 0 Å². The van der Waals surface area contributed by atoms with E-state index in [1.807, 2.05) is 38.1 Å². The van der Waals surface area contributed by atoms with Gasteiger partial charge >= 0.3 is 0 Å². The van der Waals surface area contributed by atoms with Gasteiger partial charge in [0, 0.05) is 17.8 Å². The predicted molar refractivity (Wildman–Crippen MR) is 89.3 cm³/mol. The largest absolute Gasteiger partial charge is 0.399 e. The van der Waals surface area contributed by atoms with E-state index in [4.69, 9.17) is 5.73 Å². The fraction of sp³-hybridized carbons (Fsp3) is 0.250. The molecule has 0 unspecified atom stereocenters. The lowest BCUT2D eigenvalue weighted by Gasteiger charge is -2.01. The van der Waals surface area contributed by atoms with Crippen LogP contribution in [0.2, 0.25) is 0 Å². The fourth-order valence-electron chi connectivity index (χ4n) is 1.98. The van der Waals surface area contributed by atoms with Crippen LogP contribution in [0, 0.1) is 27.2 Å². The molecule has 2 N–H and O–H groups in total. The molecule has 0 aromatic heterocycles. The molecule has 23 heavy (non-hydrogen) atoms. The van der Waals surface area contributed by atoms with Gasteiger partial charge in [-0.3, -0.25) is 20.2 Å². The van der Waals surface area contributed by atoms with Crippen LogP contribution in [0.1, 0.15) is 24.5 Å². The van der Waals surface area contributed by atoms with Crippen LogP contribution in [0.5, 0.6) is 0 Å². The molecule has 7 heteroatoms.